The molecule has 4 fully saturated rings. The number of aliphatic hydroxyl groups is 3. The summed E-state index contributed by atoms with van der Waals surface area (Å²) in [6.45, 7) is 10.1. The van der Waals surface area contributed by atoms with E-state index in [1.807, 2.05) is 6.92 Å². The number of Topliss-reactive ketones (excluding diaryl/α,β-unsaturated/α-hetero) is 2. The van der Waals surface area contributed by atoms with Crippen LogP contribution in [0.5, 0.6) is 0 Å². The first-order chi connectivity index (χ1) is 11.5. The predicted octanol–water partition coefficient (Wildman–Crippen LogP) is 1.25. The summed E-state index contributed by atoms with van der Waals surface area (Å²) in [5, 5.41) is 32.6. The van der Waals surface area contributed by atoms with Gasteiger partial charge >= 0.3 is 0 Å². The van der Waals surface area contributed by atoms with Gasteiger partial charge in [-0.25, -0.2) is 0 Å². The molecule has 0 heterocycles. The number of hydrogen-bond acceptors (Lipinski definition) is 5. The third-order valence-electron chi connectivity index (χ3n) is 8.26. The van der Waals surface area contributed by atoms with E-state index >= 15 is 0 Å². The third-order valence-corrected chi connectivity index (χ3v) is 8.26. The molecule has 5 heteroatoms. The summed E-state index contributed by atoms with van der Waals surface area (Å²) < 4.78 is 0. The van der Waals surface area contributed by atoms with Crippen LogP contribution in [0.2, 0.25) is 0 Å². The smallest absolute Gasteiger partial charge is 0.170 e. The summed E-state index contributed by atoms with van der Waals surface area (Å²) in [4.78, 5) is 26.4. The lowest BCUT2D eigenvalue weighted by atomic mass is 9.39. The van der Waals surface area contributed by atoms with Gasteiger partial charge in [0.15, 0.2) is 11.6 Å². The van der Waals surface area contributed by atoms with E-state index in [-0.39, 0.29) is 16.9 Å². The summed E-state index contributed by atoms with van der Waals surface area (Å²) in [5.74, 6) is -2.60. The fourth-order valence-corrected chi connectivity index (χ4v) is 7.23. The van der Waals surface area contributed by atoms with Gasteiger partial charge in [-0.15, -0.1) is 0 Å². The van der Waals surface area contributed by atoms with Gasteiger partial charge in [0.25, 0.3) is 0 Å². The van der Waals surface area contributed by atoms with Crippen molar-refractivity contribution < 1.29 is 24.9 Å². The van der Waals surface area contributed by atoms with Crippen LogP contribution in [0.3, 0.4) is 0 Å². The average Bonchev–Trinajstić information content (AvgIpc) is 2.66. The summed E-state index contributed by atoms with van der Waals surface area (Å²) in [5.41, 5.74) is -2.03. The molecule has 25 heavy (non-hydrogen) atoms. The number of rotatable bonds is 0. The highest BCUT2D eigenvalue weighted by molar-refractivity contribution is 6.11. The number of fused-ring (bicyclic) bond motifs is 3. The number of aliphatic hydroxyl groups excluding tert-OH is 3. The van der Waals surface area contributed by atoms with Crippen LogP contribution in [0.15, 0.2) is 12.2 Å². The van der Waals surface area contributed by atoms with Crippen molar-refractivity contribution in [3.05, 3.63) is 12.2 Å². The van der Waals surface area contributed by atoms with E-state index in [1.165, 1.54) is 0 Å². The molecule has 5 nitrogen and oxygen atoms in total. The van der Waals surface area contributed by atoms with Crippen LogP contribution < -0.4 is 0 Å². The first kappa shape index (κ1) is 17.4. The molecule has 1 spiro atoms. The Morgan fingerprint density at radius 3 is 2.36 bits per heavy atom. The molecule has 0 saturated heterocycles. The molecule has 0 aromatic rings. The van der Waals surface area contributed by atoms with Crippen LogP contribution in [-0.2, 0) is 9.59 Å². The van der Waals surface area contributed by atoms with E-state index in [4.69, 9.17) is 0 Å². The highest BCUT2D eigenvalue weighted by Gasteiger charge is 2.78. The molecule has 4 aliphatic carbocycles. The molecule has 0 radical (unpaired) electrons. The molecule has 4 saturated carbocycles. The molecule has 4 rings (SSSR count). The predicted molar refractivity (Wildman–Crippen MR) is 90.4 cm³/mol. The lowest BCUT2D eigenvalue weighted by molar-refractivity contribution is -0.229. The van der Waals surface area contributed by atoms with Crippen LogP contribution in [-0.4, -0.2) is 45.2 Å². The van der Waals surface area contributed by atoms with E-state index in [1.54, 1.807) is 0 Å². The molecule has 8 atom stereocenters. The quantitative estimate of drug-likeness (QED) is 0.573. The Morgan fingerprint density at radius 2 is 1.72 bits per heavy atom. The summed E-state index contributed by atoms with van der Waals surface area (Å²) in [7, 11) is 0. The zero-order valence-electron chi connectivity index (χ0n) is 15.2. The molecule has 3 N–H and O–H groups in total. The number of hydrogen-bond donors (Lipinski definition) is 3. The summed E-state index contributed by atoms with van der Waals surface area (Å²) in [6.07, 6.45) is -0.665. The van der Waals surface area contributed by atoms with Crippen molar-refractivity contribution in [2.75, 3.05) is 0 Å². The minimum atomic E-state index is -1.53. The Hall–Kier alpha value is -1.04. The van der Waals surface area contributed by atoms with Crippen molar-refractivity contribution in [3.8, 4) is 0 Å². The minimum Gasteiger partial charge on any atom is -0.392 e. The van der Waals surface area contributed by atoms with Crippen LogP contribution in [0, 0.1) is 34.0 Å². The lowest BCUT2D eigenvalue weighted by Gasteiger charge is -2.64. The first-order valence-corrected chi connectivity index (χ1v) is 9.32. The second kappa shape index (κ2) is 4.81. The summed E-state index contributed by atoms with van der Waals surface area (Å²) >= 11 is 0. The molecule has 2 bridgehead atoms. The number of carbonyl (C=O) groups excluding carboxylic acids is 2. The standard InChI is InChI=1S/C20H28O5/c1-9-12-13(22)14(23)15-19(4)7-5-6-18(2,3)10(19)8-11(21)20(15,16(9)24)17(12)25/h10-13,15,17,21-22,25H,1,5-8H2,2-4H3/t10-,11-,12+,13-,15?,17-,19-,20-/m1/s1. The van der Waals surface area contributed by atoms with Crippen LogP contribution in [0.4, 0.5) is 0 Å². The topological polar surface area (TPSA) is 94.8 Å². The van der Waals surface area contributed by atoms with Crippen LogP contribution >= 0.6 is 0 Å². The van der Waals surface area contributed by atoms with E-state index < -0.39 is 52.5 Å². The Kier molecular flexibility index (Phi) is 3.35. The normalized spacial score (nSPS) is 54.2. The molecule has 0 aromatic carbocycles. The Bertz CT molecular complexity index is 682. The van der Waals surface area contributed by atoms with Crippen LogP contribution in [0.1, 0.15) is 46.5 Å². The van der Waals surface area contributed by atoms with Gasteiger partial charge in [0, 0.05) is 11.8 Å². The molecule has 0 aromatic heterocycles. The summed E-state index contributed by atoms with van der Waals surface area (Å²) in [6, 6.07) is 0. The van der Waals surface area contributed by atoms with E-state index in [2.05, 4.69) is 20.4 Å². The zero-order chi connectivity index (χ0) is 18.5. The maximum absolute atomic E-state index is 13.2. The third kappa shape index (κ3) is 1.70. The highest BCUT2D eigenvalue weighted by Crippen LogP contribution is 2.70. The van der Waals surface area contributed by atoms with E-state index in [0.29, 0.717) is 6.42 Å². The van der Waals surface area contributed by atoms with Gasteiger partial charge < -0.3 is 15.3 Å². The second-order valence-electron chi connectivity index (χ2n) is 9.69. The number of ketones is 2. The Morgan fingerprint density at radius 1 is 1.08 bits per heavy atom. The molecular weight excluding hydrogens is 320 g/mol. The van der Waals surface area contributed by atoms with Crippen molar-refractivity contribution in [3.63, 3.8) is 0 Å². The van der Waals surface area contributed by atoms with Crippen molar-refractivity contribution >= 4 is 11.6 Å². The average molecular weight is 348 g/mol. The van der Waals surface area contributed by atoms with Crippen molar-refractivity contribution in [2.24, 2.45) is 34.0 Å². The SMILES string of the molecule is C=C1C(=O)[C@@]23C(C(=O)[C@H](O)[C@H]1[C@H]2O)[C@]1(C)CCCC(C)(C)[C@H]1C[C@H]3O. The molecule has 4 aliphatic rings. The Balaban J connectivity index is 1.96. The molecule has 1 unspecified atom stereocenters. The molecule has 0 aliphatic heterocycles. The minimum absolute atomic E-state index is 0.0564. The van der Waals surface area contributed by atoms with Gasteiger partial charge in [0.1, 0.15) is 6.10 Å². The van der Waals surface area contributed by atoms with Gasteiger partial charge in [-0.2, -0.15) is 0 Å². The Labute approximate surface area is 148 Å². The largest absolute Gasteiger partial charge is 0.392 e. The lowest BCUT2D eigenvalue weighted by Crippen LogP contribution is -2.71. The maximum atomic E-state index is 13.2. The van der Waals surface area contributed by atoms with Gasteiger partial charge in [-0.05, 0) is 41.6 Å². The van der Waals surface area contributed by atoms with Crippen molar-refractivity contribution in [1.29, 1.82) is 0 Å². The van der Waals surface area contributed by atoms with E-state index in [0.717, 1.165) is 19.3 Å². The van der Waals surface area contributed by atoms with Gasteiger partial charge in [-0.3, -0.25) is 9.59 Å². The molecule has 138 valence electrons. The monoisotopic (exact) mass is 348 g/mol. The first-order valence-electron chi connectivity index (χ1n) is 9.32. The second-order valence-corrected chi connectivity index (χ2v) is 9.69. The van der Waals surface area contributed by atoms with Gasteiger partial charge in [-0.1, -0.05) is 33.8 Å². The van der Waals surface area contributed by atoms with Crippen molar-refractivity contribution in [2.45, 2.75) is 64.8 Å². The zero-order valence-corrected chi connectivity index (χ0v) is 15.2. The van der Waals surface area contributed by atoms with Crippen LogP contribution in [0.25, 0.3) is 0 Å². The molecular formula is C20H28O5. The fourth-order valence-electron chi connectivity index (χ4n) is 7.23. The van der Waals surface area contributed by atoms with E-state index in [9.17, 15) is 24.9 Å². The maximum Gasteiger partial charge on any atom is 0.170 e. The van der Waals surface area contributed by atoms with Gasteiger partial charge in [0.05, 0.1) is 17.6 Å². The fraction of sp³-hybridized carbons (Fsp3) is 0.800. The highest BCUT2D eigenvalue weighted by atomic mass is 16.3. The van der Waals surface area contributed by atoms with Gasteiger partial charge in [0.2, 0.25) is 0 Å². The molecule has 0 amide bonds. The number of carbonyl (C=O) groups is 2. The van der Waals surface area contributed by atoms with Crippen molar-refractivity contribution in [1.82, 2.24) is 0 Å².